The molecule has 2 unspecified atom stereocenters. The smallest absolute Gasteiger partial charge is 0.418 e. The van der Waals surface area contributed by atoms with Crippen molar-refractivity contribution in [2.45, 2.75) is 24.9 Å². The van der Waals surface area contributed by atoms with Crippen molar-refractivity contribution in [3.63, 3.8) is 0 Å². The summed E-state index contributed by atoms with van der Waals surface area (Å²) in [5.74, 6) is -1.10. The molecule has 4 heterocycles. The molecule has 216 valence electrons. The van der Waals surface area contributed by atoms with Gasteiger partial charge in [-0.05, 0) is 28.5 Å². The van der Waals surface area contributed by atoms with Crippen molar-refractivity contribution in [3.8, 4) is 17.1 Å². The van der Waals surface area contributed by atoms with Crippen LogP contribution in [0.2, 0.25) is 0 Å². The van der Waals surface area contributed by atoms with Crippen molar-refractivity contribution in [1.29, 1.82) is 0 Å². The maximum absolute atomic E-state index is 15.1. The summed E-state index contributed by atoms with van der Waals surface area (Å²) >= 11 is 0. The number of carbonyl (C=O) groups excluding carboxylic acids is 1. The predicted octanol–water partition coefficient (Wildman–Crippen LogP) is 4.51. The number of pyridine rings is 1. The van der Waals surface area contributed by atoms with E-state index in [2.05, 4.69) is 20.4 Å². The summed E-state index contributed by atoms with van der Waals surface area (Å²) in [6.45, 7) is 0.892. The lowest BCUT2D eigenvalue weighted by Crippen LogP contribution is -2.41. The summed E-state index contributed by atoms with van der Waals surface area (Å²) in [6, 6.07) is 15.3. The monoisotopic (exact) mass is 579 g/mol. The molecule has 42 heavy (non-hydrogen) atoms. The fraction of sp³-hybridized carbons (Fsp3) is 0.241. The number of methoxy groups -OCH3 is 1. The summed E-state index contributed by atoms with van der Waals surface area (Å²) in [5, 5.41) is 8.82. The average Bonchev–Trinajstić information content (AvgIpc) is 3.54. The topological polar surface area (TPSA) is 111 Å². The van der Waals surface area contributed by atoms with Gasteiger partial charge in [-0.25, -0.2) is 18.9 Å². The Morgan fingerprint density at radius 1 is 1.12 bits per heavy atom. The van der Waals surface area contributed by atoms with Gasteiger partial charge in [0.2, 0.25) is 5.88 Å². The Balaban J connectivity index is 1.26. The summed E-state index contributed by atoms with van der Waals surface area (Å²) in [5.41, 5.74) is 5.41. The molecular formula is C29H25F4N7O2. The molecule has 3 aromatic heterocycles. The lowest BCUT2D eigenvalue weighted by atomic mass is 10.0. The van der Waals surface area contributed by atoms with Gasteiger partial charge in [0.15, 0.2) is 5.82 Å². The quantitative estimate of drug-likeness (QED) is 0.285. The summed E-state index contributed by atoms with van der Waals surface area (Å²) in [4.78, 5) is 23.1. The van der Waals surface area contributed by atoms with E-state index in [-0.39, 0.29) is 41.6 Å². The van der Waals surface area contributed by atoms with Crippen LogP contribution in [0.15, 0.2) is 67.1 Å². The number of ether oxygens (including phenoxy) is 1. The highest BCUT2D eigenvalue weighted by Gasteiger charge is 2.37. The van der Waals surface area contributed by atoms with Crippen molar-refractivity contribution >= 4 is 28.0 Å². The minimum Gasteiger partial charge on any atom is -0.480 e. The summed E-state index contributed by atoms with van der Waals surface area (Å²) in [7, 11) is 1.31. The maximum Gasteiger partial charge on any atom is 0.418 e. The van der Waals surface area contributed by atoms with Crippen LogP contribution in [0.5, 0.6) is 5.88 Å². The molecule has 1 aliphatic heterocycles. The first-order chi connectivity index (χ1) is 20.1. The number of halogens is 4. The molecule has 2 aromatic carbocycles. The third-order valence-electron chi connectivity index (χ3n) is 7.39. The number of aromatic nitrogens is 4. The number of alkyl halides is 4. The summed E-state index contributed by atoms with van der Waals surface area (Å²) in [6.07, 6.45) is -3.79. The molecule has 13 heteroatoms. The maximum atomic E-state index is 15.1. The molecule has 0 aliphatic carbocycles. The number of nitrogens with zero attached hydrogens (tertiary/aromatic N) is 5. The highest BCUT2D eigenvalue weighted by atomic mass is 19.4. The third kappa shape index (κ3) is 4.96. The van der Waals surface area contributed by atoms with Gasteiger partial charge in [0.05, 0.1) is 24.4 Å². The normalized spacial score (nSPS) is 17.6. The fourth-order valence-corrected chi connectivity index (χ4v) is 5.43. The van der Waals surface area contributed by atoms with Crippen LogP contribution < -0.4 is 15.8 Å². The molecular weight excluding hydrogens is 554 g/mol. The van der Waals surface area contributed by atoms with Crippen LogP contribution in [-0.2, 0) is 12.7 Å². The van der Waals surface area contributed by atoms with Crippen LogP contribution in [0.1, 0.15) is 21.5 Å². The van der Waals surface area contributed by atoms with Gasteiger partial charge in [-0.2, -0.15) is 18.3 Å². The van der Waals surface area contributed by atoms with Crippen molar-refractivity contribution < 1.29 is 27.1 Å². The lowest BCUT2D eigenvalue weighted by molar-refractivity contribution is -0.136. The van der Waals surface area contributed by atoms with E-state index in [1.807, 2.05) is 47.4 Å². The number of likely N-dealkylation sites (tertiary alicyclic amines) is 1. The molecule has 6 rings (SSSR count). The number of rotatable bonds is 6. The Morgan fingerprint density at radius 2 is 1.90 bits per heavy atom. The number of hydrogen-bond acceptors (Lipinski definition) is 7. The molecule has 5 aromatic rings. The first-order valence-corrected chi connectivity index (χ1v) is 13.0. The number of anilines is 1. The van der Waals surface area contributed by atoms with Crippen molar-refractivity contribution in [1.82, 2.24) is 29.8 Å². The van der Waals surface area contributed by atoms with Crippen LogP contribution >= 0.6 is 0 Å². The highest BCUT2D eigenvalue weighted by Crippen LogP contribution is 2.39. The molecule has 9 nitrogen and oxygen atoms in total. The summed E-state index contributed by atoms with van der Waals surface area (Å²) < 4.78 is 62.8. The number of carbonyl (C=O) groups is 1. The third-order valence-corrected chi connectivity index (χ3v) is 7.39. The molecule has 2 atom stereocenters. The van der Waals surface area contributed by atoms with Gasteiger partial charge in [0.25, 0.3) is 5.91 Å². The van der Waals surface area contributed by atoms with Gasteiger partial charge in [-0.3, -0.25) is 9.69 Å². The van der Waals surface area contributed by atoms with E-state index in [9.17, 15) is 18.0 Å². The number of nitrogens with two attached hydrogens (primary N) is 1. The fourth-order valence-electron chi connectivity index (χ4n) is 5.43. The average molecular weight is 580 g/mol. The number of fused-ring (bicyclic) bond motifs is 2. The molecule has 1 aliphatic rings. The van der Waals surface area contributed by atoms with Gasteiger partial charge in [0, 0.05) is 31.4 Å². The second kappa shape index (κ2) is 10.6. The Hall–Kier alpha value is -4.78. The van der Waals surface area contributed by atoms with Crippen molar-refractivity contribution in [2.75, 3.05) is 25.9 Å². The Bertz CT molecular complexity index is 1800. The predicted molar refractivity (Wildman–Crippen MR) is 148 cm³/mol. The van der Waals surface area contributed by atoms with E-state index in [1.54, 1.807) is 0 Å². The van der Waals surface area contributed by atoms with E-state index in [0.29, 0.717) is 6.54 Å². The molecule has 3 N–H and O–H groups in total. The second-order valence-electron chi connectivity index (χ2n) is 10.1. The minimum absolute atomic E-state index is 0.0128. The standard InChI is InChI=1S/C29H25F4N7O2/c1-42-28-20(9-18(11-35-28)24-10-21(29(31,32)33)25-26(34)36-15-37-40(24)25)27(41)38-23-14-39(13-22(23)30)12-17-7-4-6-16-5-2-3-8-19(16)17/h2-11,15,22-23H,12-14H2,1H3,(H,38,41)(H2,34,36,37). The second-order valence-corrected chi connectivity index (χ2v) is 10.1. The van der Waals surface area contributed by atoms with Gasteiger partial charge >= 0.3 is 6.18 Å². The minimum atomic E-state index is -4.74. The first kappa shape index (κ1) is 27.4. The van der Waals surface area contributed by atoms with E-state index in [0.717, 1.165) is 33.2 Å². The van der Waals surface area contributed by atoms with Gasteiger partial charge in [-0.15, -0.1) is 0 Å². The van der Waals surface area contributed by atoms with Crippen LogP contribution in [0, 0.1) is 0 Å². The SMILES string of the molecule is COc1ncc(-c2cc(C(F)(F)F)c3c(N)ncnn23)cc1C(=O)NC1CN(Cc2cccc3ccccc23)CC1F. The Morgan fingerprint density at radius 3 is 2.69 bits per heavy atom. The molecule has 1 saturated heterocycles. The Labute approximate surface area is 236 Å². The molecule has 1 amide bonds. The number of nitrogens with one attached hydrogen (secondary N) is 1. The van der Waals surface area contributed by atoms with Crippen molar-refractivity contribution in [2.24, 2.45) is 0 Å². The molecule has 0 bridgehead atoms. The number of benzene rings is 2. The van der Waals surface area contributed by atoms with E-state index >= 15 is 4.39 Å². The van der Waals surface area contributed by atoms with Gasteiger partial charge in [-0.1, -0.05) is 42.5 Å². The zero-order chi connectivity index (χ0) is 29.6. The van der Waals surface area contributed by atoms with E-state index in [1.165, 1.54) is 19.4 Å². The lowest BCUT2D eigenvalue weighted by Gasteiger charge is -2.18. The van der Waals surface area contributed by atoms with Gasteiger partial charge in [0.1, 0.15) is 23.6 Å². The Kier molecular flexibility index (Phi) is 6.89. The number of nitrogen functional groups attached to an aromatic ring is 1. The van der Waals surface area contributed by atoms with Crippen LogP contribution in [0.25, 0.3) is 27.5 Å². The molecule has 0 spiro atoms. The van der Waals surface area contributed by atoms with Crippen LogP contribution in [0.4, 0.5) is 23.4 Å². The zero-order valence-electron chi connectivity index (χ0n) is 22.3. The van der Waals surface area contributed by atoms with Crippen molar-refractivity contribution in [3.05, 3.63) is 83.8 Å². The molecule has 1 fully saturated rings. The number of amides is 1. The van der Waals surface area contributed by atoms with Crippen LogP contribution in [0.3, 0.4) is 0 Å². The highest BCUT2D eigenvalue weighted by molar-refractivity contribution is 5.98. The number of hydrogen-bond donors (Lipinski definition) is 2. The van der Waals surface area contributed by atoms with E-state index in [4.69, 9.17) is 10.5 Å². The van der Waals surface area contributed by atoms with E-state index < -0.39 is 35.4 Å². The van der Waals surface area contributed by atoms with Gasteiger partial charge < -0.3 is 15.8 Å². The first-order valence-electron chi connectivity index (χ1n) is 13.0. The molecule has 0 radical (unpaired) electrons. The zero-order valence-corrected chi connectivity index (χ0v) is 22.3. The van der Waals surface area contributed by atoms with Crippen LogP contribution in [-0.4, -0.2) is 62.8 Å². The largest absolute Gasteiger partial charge is 0.480 e. The molecule has 0 saturated carbocycles.